The summed E-state index contributed by atoms with van der Waals surface area (Å²) in [6.45, 7) is 3.85. The molecule has 0 aliphatic carbocycles. The molecule has 0 aromatic carbocycles. The Balaban J connectivity index is 2.62. The Labute approximate surface area is 75.1 Å². The maximum absolute atomic E-state index is 10.3. The molecule has 0 fully saturated rings. The van der Waals surface area contributed by atoms with Gasteiger partial charge in [-0.1, -0.05) is 0 Å². The number of aryl methyl sites for hydroxylation is 3. The molecule has 0 unspecified atom stereocenters. The molecule has 0 aliphatic heterocycles. The summed E-state index contributed by atoms with van der Waals surface area (Å²) in [5.41, 5.74) is 0.971. The number of thiazole rings is 1. The fourth-order valence-corrected chi connectivity index (χ4v) is 1.96. The highest BCUT2D eigenvalue weighted by Gasteiger charge is 2.06. The Morgan fingerprint density at radius 1 is 1.58 bits per heavy atom. The van der Waals surface area contributed by atoms with E-state index < -0.39 is 5.97 Å². The van der Waals surface area contributed by atoms with Gasteiger partial charge in [0.25, 0.3) is 0 Å². The summed E-state index contributed by atoms with van der Waals surface area (Å²) in [6.07, 6.45) is 0.801. The predicted octanol–water partition coefficient (Wildman–Crippen LogP) is 1.78. The van der Waals surface area contributed by atoms with Crippen LogP contribution < -0.4 is 0 Å². The lowest BCUT2D eigenvalue weighted by Crippen LogP contribution is -1.96. The number of carboxylic acid groups (broad SMARTS) is 1. The van der Waals surface area contributed by atoms with Crippen LogP contribution in [0.3, 0.4) is 0 Å². The zero-order valence-corrected chi connectivity index (χ0v) is 7.94. The lowest BCUT2D eigenvalue weighted by molar-refractivity contribution is -0.136. The van der Waals surface area contributed by atoms with E-state index in [0.29, 0.717) is 6.42 Å². The van der Waals surface area contributed by atoms with Crippen molar-refractivity contribution in [2.75, 3.05) is 0 Å². The van der Waals surface area contributed by atoms with Crippen LogP contribution in [0.15, 0.2) is 0 Å². The van der Waals surface area contributed by atoms with Crippen LogP contribution in [0.5, 0.6) is 0 Å². The topological polar surface area (TPSA) is 50.2 Å². The number of hydrogen-bond acceptors (Lipinski definition) is 3. The van der Waals surface area contributed by atoms with Crippen molar-refractivity contribution in [2.45, 2.75) is 26.7 Å². The molecule has 4 heteroatoms. The number of carbonyl (C=O) groups is 1. The zero-order valence-electron chi connectivity index (χ0n) is 7.13. The highest BCUT2D eigenvalue weighted by Crippen LogP contribution is 2.18. The molecule has 1 aromatic heterocycles. The molecule has 0 amide bonds. The molecule has 3 nitrogen and oxygen atoms in total. The lowest BCUT2D eigenvalue weighted by atomic mass is 10.2. The fraction of sp³-hybridized carbons (Fsp3) is 0.500. The van der Waals surface area contributed by atoms with Gasteiger partial charge in [0.2, 0.25) is 0 Å². The molecule has 0 saturated heterocycles. The smallest absolute Gasteiger partial charge is 0.303 e. The molecule has 1 N–H and O–H groups in total. The monoisotopic (exact) mass is 185 g/mol. The highest BCUT2D eigenvalue weighted by molar-refractivity contribution is 7.11. The van der Waals surface area contributed by atoms with E-state index in [1.165, 1.54) is 0 Å². The van der Waals surface area contributed by atoms with Crippen LogP contribution in [-0.4, -0.2) is 16.1 Å². The number of aliphatic carboxylic acids is 1. The Morgan fingerprint density at radius 2 is 2.25 bits per heavy atom. The van der Waals surface area contributed by atoms with Gasteiger partial charge in [0.1, 0.15) is 0 Å². The van der Waals surface area contributed by atoms with Gasteiger partial charge in [0.15, 0.2) is 0 Å². The van der Waals surface area contributed by atoms with Gasteiger partial charge in [-0.2, -0.15) is 0 Å². The summed E-state index contributed by atoms with van der Waals surface area (Å²) in [4.78, 5) is 15.6. The van der Waals surface area contributed by atoms with Gasteiger partial charge in [0, 0.05) is 4.88 Å². The Bertz CT molecular complexity index is 293. The van der Waals surface area contributed by atoms with Crippen molar-refractivity contribution < 1.29 is 9.90 Å². The molecule has 0 radical (unpaired) electrons. The number of nitrogens with zero attached hydrogens (tertiary/aromatic N) is 1. The van der Waals surface area contributed by atoms with Crippen LogP contribution in [0.2, 0.25) is 0 Å². The second-order valence-electron chi connectivity index (χ2n) is 2.64. The van der Waals surface area contributed by atoms with Crippen molar-refractivity contribution in [1.82, 2.24) is 4.98 Å². The van der Waals surface area contributed by atoms with Gasteiger partial charge < -0.3 is 5.11 Å². The summed E-state index contributed by atoms with van der Waals surface area (Å²) < 4.78 is 0. The molecule has 0 bridgehead atoms. The Hall–Kier alpha value is -0.900. The van der Waals surface area contributed by atoms with Crippen molar-refractivity contribution in [2.24, 2.45) is 0 Å². The van der Waals surface area contributed by atoms with Crippen LogP contribution in [-0.2, 0) is 11.2 Å². The first kappa shape index (κ1) is 9.19. The molecule has 1 heterocycles. The van der Waals surface area contributed by atoms with Crippen molar-refractivity contribution in [3.63, 3.8) is 0 Å². The number of carboxylic acids is 1. The summed E-state index contributed by atoms with van der Waals surface area (Å²) in [6, 6.07) is 0. The third kappa shape index (κ3) is 2.30. The first-order valence-corrected chi connectivity index (χ1v) is 4.56. The van der Waals surface area contributed by atoms with Crippen molar-refractivity contribution in [1.29, 1.82) is 0 Å². The molecular weight excluding hydrogens is 174 g/mol. The summed E-state index contributed by atoms with van der Waals surface area (Å²) in [5.74, 6) is -0.750. The van der Waals surface area contributed by atoms with Gasteiger partial charge in [-0.05, 0) is 20.3 Å². The van der Waals surface area contributed by atoms with E-state index in [-0.39, 0.29) is 6.42 Å². The van der Waals surface area contributed by atoms with E-state index in [4.69, 9.17) is 5.11 Å². The number of rotatable bonds is 3. The summed E-state index contributed by atoms with van der Waals surface area (Å²) in [7, 11) is 0. The minimum atomic E-state index is -0.750. The largest absolute Gasteiger partial charge is 0.481 e. The Kier molecular flexibility index (Phi) is 2.81. The normalized spacial score (nSPS) is 10.2. The van der Waals surface area contributed by atoms with Gasteiger partial charge in [-0.15, -0.1) is 11.3 Å². The molecule has 66 valence electrons. The fourth-order valence-electron chi connectivity index (χ4n) is 1.03. The van der Waals surface area contributed by atoms with Crippen molar-refractivity contribution in [3.05, 3.63) is 15.6 Å². The molecular formula is C8H11NO2S. The molecule has 0 atom stereocenters. The minimum absolute atomic E-state index is 0.197. The SMILES string of the molecule is Cc1nc(C)c(CCC(=O)O)s1. The van der Waals surface area contributed by atoms with Gasteiger partial charge in [0.05, 0.1) is 17.1 Å². The van der Waals surface area contributed by atoms with Crippen LogP contribution >= 0.6 is 11.3 Å². The van der Waals surface area contributed by atoms with Crippen LogP contribution in [0.25, 0.3) is 0 Å². The maximum atomic E-state index is 10.3. The third-order valence-corrected chi connectivity index (χ3v) is 2.70. The zero-order chi connectivity index (χ0) is 9.14. The third-order valence-electron chi connectivity index (χ3n) is 1.57. The van der Waals surface area contributed by atoms with Gasteiger partial charge in [-0.25, -0.2) is 4.98 Å². The molecule has 12 heavy (non-hydrogen) atoms. The van der Waals surface area contributed by atoms with Crippen molar-refractivity contribution >= 4 is 17.3 Å². The van der Waals surface area contributed by atoms with Gasteiger partial charge in [-0.3, -0.25) is 4.79 Å². The van der Waals surface area contributed by atoms with E-state index in [1.807, 2.05) is 13.8 Å². The second kappa shape index (κ2) is 3.67. The first-order valence-electron chi connectivity index (χ1n) is 3.74. The van der Waals surface area contributed by atoms with Gasteiger partial charge >= 0.3 is 5.97 Å². The van der Waals surface area contributed by atoms with Crippen molar-refractivity contribution in [3.8, 4) is 0 Å². The van der Waals surface area contributed by atoms with E-state index in [2.05, 4.69) is 4.98 Å². The molecule has 1 aromatic rings. The quantitative estimate of drug-likeness (QED) is 0.780. The van der Waals surface area contributed by atoms with E-state index in [1.54, 1.807) is 11.3 Å². The van der Waals surface area contributed by atoms with Crippen LogP contribution in [0.1, 0.15) is 22.0 Å². The molecule has 0 aliphatic rings. The summed E-state index contributed by atoms with van der Waals surface area (Å²) in [5, 5.41) is 9.46. The molecule has 1 rings (SSSR count). The van der Waals surface area contributed by atoms with Crippen LogP contribution in [0.4, 0.5) is 0 Å². The summed E-state index contributed by atoms with van der Waals surface area (Å²) >= 11 is 1.58. The Morgan fingerprint density at radius 3 is 2.67 bits per heavy atom. The van der Waals surface area contributed by atoms with E-state index in [9.17, 15) is 4.79 Å². The van der Waals surface area contributed by atoms with Crippen LogP contribution in [0, 0.1) is 13.8 Å². The predicted molar refractivity (Wildman–Crippen MR) is 47.5 cm³/mol. The molecule has 0 spiro atoms. The lowest BCUT2D eigenvalue weighted by Gasteiger charge is -1.92. The highest BCUT2D eigenvalue weighted by atomic mass is 32.1. The maximum Gasteiger partial charge on any atom is 0.303 e. The minimum Gasteiger partial charge on any atom is -0.481 e. The second-order valence-corrected chi connectivity index (χ2v) is 3.92. The molecule has 0 saturated carbocycles. The number of aromatic nitrogens is 1. The van der Waals surface area contributed by atoms with E-state index in [0.717, 1.165) is 15.6 Å². The average molecular weight is 185 g/mol. The first-order chi connectivity index (χ1) is 5.59. The van der Waals surface area contributed by atoms with E-state index >= 15 is 0 Å². The standard InChI is InChI=1S/C8H11NO2S/c1-5-7(3-4-8(10)11)12-6(2)9-5/h3-4H2,1-2H3,(H,10,11). The average Bonchev–Trinajstić information content (AvgIpc) is 2.26. The number of hydrogen-bond donors (Lipinski definition) is 1.